The van der Waals surface area contributed by atoms with E-state index in [1.807, 2.05) is 42.5 Å². The van der Waals surface area contributed by atoms with Crippen LogP contribution in [-0.4, -0.2) is 11.8 Å². The molecule has 0 spiro atoms. The molecule has 0 heterocycles. The number of nitrogens with one attached hydrogen (secondary N) is 1. The Balaban J connectivity index is 1.72. The van der Waals surface area contributed by atoms with Gasteiger partial charge in [-0.15, -0.1) is 0 Å². The van der Waals surface area contributed by atoms with Crippen molar-refractivity contribution in [1.82, 2.24) is 0 Å². The molecule has 4 nitrogen and oxygen atoms in total. The number of nitrogens with two attached hydrogens (primary N) is 1. The molecule has 3 rings (SSSR count). The lowest BCUT2D eigenvalue weighted by Crippen LogP contribution is -2.15. The van der Waals surface area contributed by atoms with E-state index in [4.69, 9.17) is 5.73 Å². The lowest BCUT2D eigenvalue weighted by Gasteiger charge is -2.11. The minimum atomic E-state index is -0.492. The molecule has 4 heteroatoms. The Labute approximate surface area is 152 Å². The van der Waals surface area contributed by atoms with Crippen molar-refractivity contribution in [3.05, 3.63) is 101 Å². The molecule has 0 fully saturated rings. The van der Waals surface area contributed by atoms with Crippen molar-refractivity contribution in [2.75, 3.05) is 5.32 Å². The summed E-state index contributed by atoms with van der Waals surface area (Å²) < 4.78 is 0. The van der Waals surface area contributed by atoms with E-state index < -0.39 is 5.91 Å². The summed E-state index contributed by atoms with van der Waals surface area (Å²) in [5.74, 6) is -0.658. The van der Waals surface area contributed by atoms with Gasteiger partial charge in [0.2, 0.25) is 5.91 Å². The van der Waals surface area contributed by atoms with Crippen molar-refractivity contribution in [2.24, 2.45) is 5.73 Å². The Bertz CT molecular complexity index is 903. The van der Waals surface area contributed by atoms with Crippen LogP contribution in [0.1, 0.15) is 31.8 Å². The van der Waals surface area contributed by atoms with Gasteiger partial charge in [0.15, 0.2) is 0 Å². The number of benzene rings is 3. The Morgan fingerprint density at radius 2 is 1.42 bits per heavy atom. The van der Waals surface area contributed by atoms with E-state index in [-0.39, 0.29) is 5.91 Å². The average molecular weight is 344 g/mol. The molecular formula is C22H20N2O2. The van der Waals surface area contributed by atoms with Crippen molar-refractivity contribution in [2.45, 2.75) is 12.8 Å². The van der Waals surface area contributed by atoms with E-state index in [2.05, 4.69) is 17.4 Å². The van der Waals surface area contributed by atoms with Crippen LogP contribution in [0.15, 0.2) is 78.9 Å². The average Bonchev–Trinajstić information content (AvgIpc) is 2.68. The Kier molecular flexibility index (Phi) is 5.44. The number of anilines is 1. The monoisotopic (exact) mass is 344 g/mol. The third-order valence-corrected chi connectivity index (χ3v) is 4.22. The predicted molar refractivity (Wildman–Crippen MR) is 103 cm³/mol. The zero-order valence-electron chi connectivity index (χ0n) is 14.3. The highest BCUT2D eigenvalue weighted by atomic mass is 16.2. The van der Waals surface area contributed by atoms with Crippen molar-refractivity contribution in [3.63, 3.8) is 0 Å². The second-order valence-electron chi connectivity index (χ2n) is 6.04. The predicted octanol–water partition coefficient (Wildman–Crippen LogP) is 3.82. The van der Waals surface area contributed by atoms with Gasteiger partial charge < -0.3 is 11.1 Å². The van der Waals surface area contributed by atoms with Crippen LogP contribution in [0.5, 0.6) is 0 Å². The van der Waals surface area contributed by atoms with Gasteiger partial charge in [0.05, 0.1) is 0 Å². The fourth-order valence-electron chi connectivity index (χ4n) is 2.80. The van der Waals surface area contributed by atoms with E-state index in [1.54, 1.807) is 24.3 Å². The van der Waals surface area contributed by atoms with Crippen LogP contribution in [0, 0.1) is 0 Å². The van der Waals surface area contributed by atoms with Gasteiger partial charge in [0.1, 0.15) is 0 Å². The highest BCUT2D eigenvalue weighted by Crippen LogP contribution is 2.16. The first-order valence-corrected chi connectivity index (χ1v) is 8.46. The Morgan fingerprint density at radius 1 is 0.769 bits per heavy atom. The van der Waals surface area contributed by atoms with Crippen LogP contribution < -0.4 is 11.1 Å². The lowest BCUT2D eigenvalue weighted by molar-refractivity contribution is 0.0998. The van der Waals surface area contributed by atoms with Gasteiger partial charge in [-0.3, -0.25) is 9.59 Å². The quantitative estimate of drug-likeness (QED) is 0.713. The topological polar surface area (TPSA) is 72.2 Å². The maximum atomic E-state index is 12.7. The molecule has 0 radical (unpaired) electrons. The van der Waals surface area contributed by atoms with Gasteiger partial charge in [-0.05, 0) is 54.3 Å². The number of rotatable bonds is 6. The second-order valence-corrected chi connectivity index (χ2v) is 6.04. The van der Waals surface area contributed by atoms with Crippen LogP contribution in [0.25, 0.3) is 0 Å². The Morgan fingerprint density at radius 3 is 2.12 bits per heavy atom. The number of primary amides is 1. The number of amides is 2. The van der Waals surface area contributed by atoms with Crippen molar-refractivity contribution in [3.8, 4) is 0 Å². The fraction of sp³-hybridized carbons (Fsp3) is 0.0909. The summed E-state index contributed by atoms with van der Waals surface area (Å²) in [4.78, 5) is 23.8. The maximum Gasteiger partial charge on any atom is 0.255 e. The molecule has 0 atom stereocenters. The van der Waals surface area contributed by atoms with Gasteiger partial charge >= 0.3 is 0 Å². The van der Waals surface area contributed by atoms with Gasteiger partial charge in [0.25, 0.3) is 5.91 Å². The van der Waals surface area contributed by atoms with E-state index in [0.29, 0.717) is 16.8 Å². The molecule has 0 aliphatic rings. The van der Waals surface area contributed by atoms with E-state index in [9.17, 15) is 9.59 Å². The molecule has 0 bridgehead atoms. The minimum absolute atomic E-state index is 0.166. The normalized spacial score (nSPS) is 10.3. The minimum Gasteiger partial charge on any atom is -0.366 e. The zero-order chi connectivity index (χ0) is 18.4. The second kappa shape index (κ2) is 8.12. The molecule has 130 valence electrons. The summed E-state index contributed by atoms with van der Waals surface area (Å²) in [6.07, 6.45) is 1.66. The highest BCUT2D eigenvalue weighted by molar-refractivity contribution is 6.05. The molecule has 2 amide bonds. The molecule has 0 saturated heterocycles. The molecule has 3 aromatic carbocycles. The summed E-state index contributed by atoms with van der Waals surface area (Å²) in [6.45, 7) is 0. The van der Waals surface area contributed by atoms with Crippen LogP contribution in [0.2, 0.25) is 0 Å². The molecule has 0 saturated carbocycles. The third-order valence-electron chi connectivity index (χ3n) is 4.22. The summed E-state index contributed by atoms with van der Waals surface area (Å²) in [5, 5.41) is 2.87. The summed E-state index contributed by atoms with van der Waals surface area (Å²) in [7, 11) is 0. The van der Waals surface area contributed by atoms with Crippen LogP contribution >= 0.6 is 0 Å². The number of carbonyl (C=O) groups excluding carboxylic acids is 2. The van der Waals surface area contributed by atoms with Crippen molar-refractivity contribution >= 4 is 17.5 Å². The Hall–Kier alpha value is -3.40. The molecule has 0 aliphatic carbocycles. The van der Waals surface area contributed by atoms with Gasteiger partial charge in [-0.1, -0.05) is 48.5 Å². The van der Waals surface area contributed by atoms with E-state index in [1.165, 1.54) is 5.56 Å². The van der Waals surface area contributed by atoms with Crippen LogP contribution in [0.3, 0.4) is 0 Å². The highest BCUT2D eigenvalue weighted by Gasteiger charge is 2.11. The molecule has 0 aromatic heterocycles. The van der Waals surface area contributed by atoms with E-state index in [0.717, 1.165) is 18.4 Å². The SMILES string of the molecule is NC(=O)c1ccc(NC(=O)c2ccccc2CCc2ccccc2)cc1. The molecule has 0 aliphatic heterocycles. The summed E-state index contributed by atoms with van der Waals surface area (Å²) in [5.41, 5.74) is 9.16. The van der Waals surface area contributed by atoms with Gasteiger partial charge in [-0.2, -0.15) is 0 Å². The standard InChI is InChI=1S/C22H20N2O2/c23-21(25)18-12-14-19(15-13-18)24-22(26)20-9-5-4-8-17(20)11-10-16-6-2-1-3-7-16/h1-9,12-15H,10-11H2,(H2,23,25)(H,24,26). The van der Waals surface area contributed by atoms with Crippen molar-refractivity contribution in [1.29, 1.82) is 0 Å². The summed E-state index contributed by atoms with van der Waals surface area (Å²) >= 11 is 0. The maximum absolute atomic E-state index is 12.7. The van der Waals surface area contributed by atoms with E-state index >= 15 is 0 Å². The molecule has 3 aromatic rings. The first-order chi connectivity index (χ1) is 12.6. The van der Waals surface area contributed by atoms with Gasteiger partial charge in [-0.25, -0.2) is 0 Å². The molecular weight excluding hydrogens is 324 g/mol. The first kappa shape index (κ1) is 17.4. The molecule has 0 unspecified atom stereocenters. The van der Waals surface area contributed by atoms with Crippen LogP contribution in [0.4, 0.5) is 5.69 Å². The third kappa shape index (κ3) is 4.36. The molecule has 3 N–H and O–H groups in total. The number of hydrogen-bond donors (Lipinski definition) is 2. The summed E-state index contributed by atoms with van der Waals surface area (Å²) in [6, 6.07) is 24.3. The van der Waals surface area contributed by atoms with Gasteiger partial charge in [0, 0.05) is 16.8 Å². The zero-order valence-corrected chi connectivity index (χ0v) is 14.3. The smallest absolute Gasteiger partial charge is 0.255 e. The number of hydrogen-bond acceptors (Lipinski definition) is 2. The van der Waals surface area contributed by atoms with Crippen molar-refractivity contribution < 1.29 is 9.59 Å². The first-order valence-electron chi connectivity index (χ1n) is 8.46. The largest absolute Gasteiger partial charge is 0.366 e. The molecule has 26 heavy (non-hydrogen) atoms. The van der Waals surface area contributed by atoms with Crippen LogP contribution in [-0.2, 0) is 12.8 Å². The lowest BCUT2D eigenvalue weighted by atomic mass is 9.99. The fourth-order valence-corrected chi connectivity index (χ4v) is 2.80. The number of aryl methyl sites for hydroxylation is 2. The number of carbonyl (C=O) groups is 2.